The Morgan fingerprint density at radius 3 is 2.83 bits per heavy atom. The van der Waals surface area contributed by atoms with E-state index in [0.29, 0.717) is 0 Å². The molecule has 0 radical (unpaired) electrons. The average Bonchev–Trinajstić information content (AvgIpc) is 3.43. The fourth-order valence-electron chi connectivity index (χ4n) is 5.16. The van der Waals surface area contributed by atoms with Crippen LogP contribution in [0.4, 0.5) is 0 Å². The van der Waals surface area contributed by atoms with Gasteiger partial charge in [-0.25, -0.2) is 0 Å². The molecule has 1 aromatic carbocycles. The largest absolute Gasteiger partial charge is 0.373 e. The van der Waals surface area contributed by atoms with Crippen LogP contribution in [0.1, 0.15) is 43.2 Å². The molecule has 1 unspecified atom stereocenters. The molecular weight excluding hydrogens is 354 g/mol. The third-order valence-corrected chi connectivity index (χ3v) is 6.93. The highest BCUT2D eigenvalue weighted by atomic mass is 15.1. The van der Waals surface area contributed by atoms with Crippen molar-refractivity contribution in [1.82, 2.24) is 14.8 Å². The first kappa shape index (κ1) is 18.7. The van der Waals surface area contributed by atoms with Crippen LogP contribution in [0.2, 0.25) is 0 Å². The van der Waals surface area contributed by atoms with Gasteiger partial charge in [0.25, 0.3) is 0 Å². The zero-order chi connectivity index (χ0) is 19.5. The van der Waals surface area contributed by atoms with Crippen molar-refractivity contribution in [3.63, 3.8) is 0 Å². The van der Waals surface area contributed by atoms with E-state index in [1.165, 1.54) is 80.3 Å². The summed E-state index contributed by atoms with van der Waals surface area (Å²) in [5.74, 6) is 0.780. The highest BCUT2D eigenvalue weighted by Crippen LogP contribution is 2.33. The van der Waals surface area contributed by atoms with E-state index in [1.54, 1.807) is 5.57 Å². The number of hydrogen-bond acceptors (Lipinski definition) is 2. The minimum Gasteiger partial charge on any atom is -0.373 e. The highest BCUT2D eigenvalue weighted by Gasteiger charge is 2.18. The van der Waals surface area contributed by atoms with Crippen molar-refractivity contribution in [1.29, 1.82) is 0 Å². The van der Waals surface area contributed by atoms with Crippen LogP contribution in [0.15, 0.2) is 54.9 Å². The first-order valence-electron chi connectivity index (χ1n) is 11.4. The zero-order valence-electron chi connectivity index (χ0n) is 17.4. The molecule has 152 valence electrons. The van der Waals surface area contributed by atoms with Gasteiger partial charge in [0.2, 0.25) is 0 Å². The Morgan fingerprint density at radius 1 is 1.10 bits per heavy atom. The Hall–Kier alpha value is -2.26. The zero-order valence-corrected chi connectivity index (χ0v) is 17.4. The predicted molar refractivity (Wildman–Crippen MR) is 123 cm³/mol. The maximum Gasteiger partial charge on any atom is 0.0457 e. The lowest BCUT2D eigenvalue weighted by Gasteiger charge is -2.29. The van der Waals surface area contributed by atoms with E-state index < -0.39 is 0 Å². The first-order chi connectivity index (χ1) is 14.3. The molecule has 1 saturated heterocycles. The lowest BCUT2D eigenvalue weighted by molar-refractivity contribution is 0.314. The van der Waals surface area contributed by atoms with E-state index in [4.69, 9.17) is 0 Å². The minimum atomic E-state index is 0.780. The summed E-state index contributed by atoms with van der Waals surface area (Å²) in [7, 11) is 0. The lowest BCUT2D eigenvalue weighted by Crippen LogP contribution is -2.26. The lowest BCUT2D eigenvalue weighted by atomic mass is 9.86. The fraction of sp³-hybridized carbons (Fsp3) is 0.462. The minimum absolute atomic E-state index is 0.780. The first-order valence-corrected chi connectivity index (χ1v) is 11.4. The van der Waals surface area contributed by atoms with Crippen LogP contribution in [-0.4, -0.2) is 47.5 Å². The molecule has 3 aliphatic rings. The number of rotatable bonds is 6. The molecule has 29 heavy (non-hydrogen) atoms. The van der Waals surface area contributed by atoms with Crippen molar-refractivity contribution in [3.05, 3.63) is 66.0 Å². The van der Waals surface area contributed by atoms with E-state index in [1.807, 2.05) is 0 Å². The summed E-state index contributed by atoms with van der Waals surface area (Å²) >= 11 is 0. The standard InChI is InChI=1S/C26H33N3/c1-2-15-29(16-3-1)20-21-6-8-22(9-7-21)23-10-11-26-25(18-23)24(19-27-26)12-17-28-13-4-5-14-28/h1-3,8,10-11,15,18-19,21,27H,4-7,9,12-14,16-17,20H2. The van der Waals surface area contributed by atoms with Crippen molar-refractivity contribution < 1.29 is 0 Å². The van der Waals surface area contributed by atoms with Gasteiger partial charge in [-0.1, -0.05) is 24.3 Å². The number of fused-ring (bicyclic) bond motifs is 1. The maximum atomic E-state index is 3.49. The number of aromatic nitrogens is 1. The second-order valence-corrected chi connectivity index (χ2v) is 8.97. The summed E-state index contributed by atoms with van der Waals surface area (Å²) in [4.78, 5) is 8.55. The predicted octanol–water partition coefficient (Wildman–Crippen LogP) is 5.38. The molecule has 0 amide bonds. The number of nitrogens with one attached hydrogen (secondary N) is 1. The van der Waals surface area contributed by atoms with Gasteiger partial charge < -0.3 is 14.8 Å². The Morgan fingerprint density at radius 2 is 2.03 bits per heavy atom. The maximum absolute atomic E-state index is 3.49. The molecule has 1 aromatic heterocycles. The number of H-pyrrole nitrogens is 1. The van der Waals surface area contributed by atoms with Crippen LogP contribution < -0.4 is 0 Å². The number of nitrogens with zero attached hydrogens (tertiary/aromatic N) is 2. The molecule has 2 aliphatic heterocycles. The molecule has 3 heteroatoms. The summed E-state index contributed by atoms with van der Waals surface area (Å²) in [6.07, 6.45) is 21.1. The molecule has 0 bridgehead atoms. The van der Waals surface area contributed by atoms with Crippen LogP contribution in [0, 0.1) is 5.92 Å². The van der Waals surface area contributed by atoms with Crippen molar-refractivity contribution in [2.75, 3.05) is 32.7 Å². The SMILES string of the molecule is C1=CCN(CC2CC=C(c3ccc4[nH]cc(CCN5CCCC5)c4c3)CC2)C=C1. The molecule has 5 rings (SSSR count). The second kappa shape index (κ2) is 8.62. The van der Waals surface area contributed by atoms with Crippen LogP contribution in [0.25, 0.3) is 16.5 Å². The quantitative estimate of drug-likeness (QED) is 0.719. The van der Waals surface area contributed by atoms with Crippen LogP contribution in [-0.2, 0) is 6.42 Å². The van der Waals surface area contributed by atoms with E-state index in [0.717, 1.165) is 18.9 Å². The van der Waals surface area contributed by atoms with Gasteiger partial charge in [-0.2, -0.15) is 0 Å². The molecule has 0 saturated carbocycles. The van der Waals surface area contributed by atoms with E-state index in [-0.39, 0.29) is 0 Å². The topological polar surface area (TPSA) is 22.3 Å². The number of aromatic amines is 1. The van der Waals surface area contributed by atoms with Crippen LogP contribution in [0.5, 0.6) is 0 Å². The molecule has 3 heterocycles. The molecule has 1 aliphatic carbocycles. The Bertz CT molecular complexity index is 927. The normalized spacial score (nSPS) is 22.6. The summed E-state index contributed by atoms with van der Waals surface area (Å²) < 4.78 is 0. The van der Waals surface area contributed by atoms with Gasteiger partial charge in [0.1, 0.15) is 0 Å². The summed E-state index contributed by atoms with van der Waals surface area (Å²) in [5, 5.41) is 1.43. The molecule has 1 fully saturated rings. The van der Waals surface area contributed by atoms with Crippen molar-refractivity contribution in [3.8, 4) is 0 Å². The van der Waals surface area contributed by atoms with Crippen molar-refractivity contribution in [2.24, 2.45) is 5.92 Å². The smallest absolute Gasteiger partial charge is 0.0457 e. The van der Waals surface area contributed by atoms with E-state index >= 15 is 0 Å². The number of benzene rings is 1. The van der Waals surface area contributed by atoms with Gasteiger partial charge in [0.15, 0.2) is 0 Å². The molecule has 2 aromatic rings. The molecule has 3 nitrogen and oxygen atoms in total. The third kappa shape index (κ3) is 4.35. The van der Waals surface area contributed by atoms with Gasteiger partial charge in [-0.3, -0.25) is 0 Å². The fourth-order valence-corrected chi connectivity index (χ4v) is 5.16. The molecule has 1 atom stereocenters. The van der Waals surface area contributed by atoms with Crippen molar-refractivity contribution >= 4 is 16.5 Å². The van der Waals surface area contributed by atoms with Gasteiger partial charge in [-0.05, 0) is 98.6 Å². The van der Waals surface area contributed by atoms with E-state index in [2.05, 4.69) is 69.7 Å². The molecule has 1 N–H and O–H groups in total. The second-order valence-electron chi connectivity index (χ2n) is 8.97. The number of hydrogen-bond donors (Lipinski definition) is 1. The number of likely N-dealkylation sites (tertiary alicyclic amines) is 1. The molecular formula is C26H33N3. The summed E-state index contributed by atoms with van der Waals surface area (Å²) in [6, 6.07) is 7.03. The van der Waals surface area contributed by atoms with Gasteiger partial charge >= 0.3 is 0 Å². The molecule has 0 spiro atoms. The number of allylic oxidation sites excluding steroid dienone is 4. The van der Waals surface area contributed by atoms with Crippen LogP contribution >= 0.6 is 0 Å². The monoisotopic (exact) mass is 387 g/mol. The highest BCUT2D eigenvalue weighted by molar-refractivity contribution is 5.87. The Kier molecular flexibility index (Phi) is 5.58. The van der Waals surface area contributed by atoms with Crippen LogP contribution in [0.3, 0.4) is 0 Å². The Balaban J connectivity index is 1.25. The third-order valence-electron chi connectivity index (χ3n) is 6.93. The van der Waals surface area contributed by atoms with Gasteiger partial charge in [0, 0.05) is 36.7 Å². The summed E-state index contributed by atoms with van der Waals surface area (Å²) in [6.45, 7) is 6.01. The summed E-state index contributed by atoms with van der Waals surface area (Å²) in [5.41, 5.74) is 5.74. The Labute approximate surface area is 174 Å². The average molecular weight is 388 g/mol. The van der Waals surface area contributed by atoms with Gasteiger partial charge in [-0.15, -0.1) is 0 Å². The van der Waals surface area contributed by atoms with Gasteiger partial charge in [0.05, 0.1) is 0 Å². The van der Waals surface area contributed by atoms with E-state index in [9.17, 15) is 0 Å². The van der Waals surface area contributed by atoms with Crippen molar-refractivity contribution in [2.45, 2.75) is 38.5 Å².